The van der Waals surface area contributed by atoms with Crippen LogP contribution in [0.15, 0.2) is 36.4 Å². The van der Waals surface area contributed by atoms with Crippen LogP contribution in [0.5, 0.6) is 5.75 Å². The molecule has 1 rings (SSSR count). The largest absolute Gasteiger partial charge is 0.488 e. The molecule has 0 aromatic heterocycles. The van der Waals surface area contributed by atoms with Crippen LogP contribution in [-0.4, -0.2) is 46.5 Å². The summed E-state index contributed by atoms with van der Waals surface area (Å²) in [5, 5.41) is 11.1. The van der Waals surface area contributed by atoms with Gasteiger partial charge in [-0.3, -0.25) is 0 Å². The van der Waals surface area contributed by atoms with E-state index in [4.69, 9.17) is 9.47 Å². The molecule has 1 aromatic rings. The van der Waals surface area contributed by atoms with Gasteiger partial charge in [0.2, 0.25) is 0 Å². The molecule has 35 heavy (non-hydrogen) atoms. The maximum absolute atomic E-state index is 12.8. The zero-order valence-corrected chi connectivity index (χ0v) is 23.9. The van der Waals surface area contributed by atoms with Crippen LogP contribution in [0.25, 0.3) is 0 Å². The molecule has 0 aliphatic heterocycles. The molecule has 1 amide bonds. The Hall–Kier alpha value is -2.01. The van der Waals surface area contributed by atoms with E-state index in [0.29, 0.717) is 24.7 Å². The molecule has 0 saturated heterocycles. The minimum Gasteiger partial charge on any atom is -0.488 e. The van der Waals surface area contributed by atoms with Crippen molar-refractivity contribution in [1.29, 1.82) is 0 Å². The molecule has 5 heteroatoms. The fourth-order valence-electron chi connectivity index (χ4n) is 3.96. The van der Waals surface area contributed by atoms with Crippen LogP contribution < -0.4 is 4.74 Å². The predicted octanol–water partition coefficient (Wildman–Crippen LogP) is 7.41. The Kier molecular flexibility index (Phi) is 12.3. The number of likely N-dealkylation sites (N-methyl/N-ethyl adjacent to an activating group) is 1. The highest BCUT2D eigenvalue weighted by Crippen LogP contribution is 2.23. The van der Waals surface area contributed by atoms with Gasteiger partial charge in [0, 0.05) is 7.05 Å². The molecule has 0 unspecified atom stereocenters. The van der Waals surface area contributed by atoms with Crippen LogP contribution >= 0.6 is 0 Å². The third kappa shape index (κ3) is 13.0. The first-order valence-electron chi connectivity index (χ1n) is 13.2. The summed E-state index contributed by atoms with van der Waals surface area (Å²) in [4.78, 5) is 14.4. The standard InChI is InChI=1S/C30H51NO4/c1-11-22(2)20-23(3)14-12-13-15-27(32)26(31(10)28(33)35-30(7,8)9)21-24-16-18-25(19-17-24)34-29(4,5)6/h12,14,16-19,22-23,26-27,32H,11,13,15,20-21H2,1-10H3/b14-12+/t22-,23+,26+,27-/m1/s1. The summed E-state index contributed by atoms with van der Waals surface area (Å²) in [7, 11) is 1.71. The number of nitrogens with zero attached hydrogens (tertiary/aromatic N) is 1. The maximum atomic E-state index is 12.8. The molecule has 0 aliphatic rings. The van der Waals surface area contributed by atoms with Gasteiger partial charge >= 0.3 is 6.09 Å². The minimum atomic E-state index is -0.674. The topological polar surface area (TPSA) is 59.0 Å². The highest BCUT2D eigenvalue weighted by molar-refractivity contribution is 5.68. The van der Waals surface area contributed by atoms with Crippen molar-refractivity contribution in [3.05, 3.63) is 42.0 Å². The molecule has 4 atom stereocenters. The molecule has 5 nitrogen and oxygen atoms in total. The average Bonchev–Trinajstić information content (AvgIpc) is 2.73. The van der Waals surface area contributed by atoms with Crippen LogP contribution in [-0.2, 0) is 11.2 Å². The Morgan fingerprint density at radius 1 is 1.06 bits per heavy atom. The second-order valence-electron chi connectivity index (χ2n) is 12.0. The molecule has 0 saturated carbocycles. The summed E-state index contributed by atoms with van der Waals surface area (Å²) in [6.07, 6.45) is 7.56. The lowest BCUT2D eigenvalue weighted by molar-refractivity contribution is 0.000776. The summed E-state index contributed by atoms with van der Waals surface area (Å²) in [5.41, 5.74) is 0.168. The van der Waals surface area contributed by atoms with E-state index < -0.39 is 23.8 Å². The van der Waals surface area contributed by atoms with Gasteiger partial charge in [-0.15, -0.1) is 0 Å². The Labute approximate surface area is 214 Å². The number of hydrogen-bond donors (Lipinski definition) is 1. The van der Waals surface area contributed by atoms with Crippen LogP contribution in [0.3, 0.4) is 0 Å². The Balaban J connectivity index is 2.91. The second-order valence-corrected chi connectivity index (χ2v) is 12.0. The van der Waals surface area contributed by atoms with E-state index >= 15 is 0 Å². The van der Waals surface area contributed by atoms with E-state index in [-0.39, 0.29) is 5.60 Å². The first-order valence-corrected chi connectivity index (χ1v) is 13.2. The molecule has 0 fully saturated rings. The summed E-state index contributed by atoms with van der Waals surface area (Å²) >= 11 is 0. The van der Waals surface area contributed by atoms with Gasteiger partial charge in [-0.1, -0.05) is 51.5 Å². The lowest BCUT2D eigenvalue weighted by Gasteiger charge is -2.33. The number of carbonyl (C=O) groups excluding carboxylic acids is 1. The molecule has 1 N–H and O–H groups in total. The number of aliphatic hydroxyl groups excluding tert-OH is 1. The van der Waals surface area contributed by atoms with E-state index in [9.17, 15) is 9.90 Å². The molecular weight excluding hydrogens is 438 g/mol. The highest BCUT2D eigenvalue weighted by Gasteiger charge is 2.30. The SMILES string of the molecule is CC[C@@H](C)C[C@@H](C)/C=C/CC[C@@H](O)[C@H](Cc1ccc(OC(C)(C)C)cc1)N(C)C(=O)OC(C)(C)C. The van der Waals surface area contributed by atoms with Gasteiger partial charge in [0.15, 0.2) is 0 Å². The van der Waals surface area contributed by atoms with Crippen molar-refractivity contribution in [1.82, 2.24) is 4.90 Å². The number of hydrogen-bond acceptors (Lipinski definition) is 4. The van der Waals surface area contributed by atoms with Crippen molar-refractivity contribution < 1.29 is 19.4 Å². The average molecular weight is 490 g/mol. The maximum Gasteiger partial charge on any atom is 0.410 e. The number of amides is 1. The second kappa shape index (κ2) is 13.9. The van der Waals surface area contributed by atoms with Gasteiger partial charge in [-0.25, -0.2) is 4.79 Å². The lowest BCUT2D eigenvalue weighted by atomic mass is 9.94. The monoisotopic (exact) mass is 489 g/mol. The van der Waals surface area contributed by atoms with Gasteiger partial charge in [-0.05, 0) is 96.8 Å². The third-order valence-electron chi connectivity index (χ3n) is 5.98. The molecule has 0 bridgehead atoms. The Bertz CT molecular complexity index is 773. The highest BCUT2D eigenvalue weighted by atomic mass is 16.6. The zero-order chi connectivity index (χ0) is 26.8. The molecule has 0 spiro atoms. The number of ether oxygens (including phenoxy) is 2. The Morgan fingerprint density at radius 3 is 2.17 bits per heavy atom. The van der Waals surface area contributed by atoms with Crippen molar-refractivity contribution in [2.24, 2.45) is 11.8 Å². The van der Waals surface area contributed by atoms with Gasteiger partial charge < -0.3 is 19.5 Å². The predicted molar refractivity (Wildman–Crippen MR) is 146 cm³/mol. The summed E-state index contributed by atoms with van der Waals surface area (Å²) < 4.78 is 11.5. The third-order valence-corrected chi connectivity index (χ3v) is 5.98. The molecule has 0 aliphatic carbocycles. The molecule has 200 valence electrons. The van der Waals surface area contributed by atoms with Crippen LogP contribution in [0.1, 0.15) is 93.6 Å². The van der Waals surface area contributed by atoms with Gasteiger partial charge in [0.1, 0.15) is 17.0 Å². The Morgan fingerprint density at radius 2 is 1.66 bits per heavy atom. The number of aliphatic hydroxyl groups is 1. The van der Waals surface area contributed by atoms with Gasteiger partial charge in [-0.2, -0.15) is 0 Å². The first kappa shape index (κ1) is 31.0. The fourth-order valence-corrected chi connectivity index (χ4v) is 3.96. The fraction of sp³-hybridized carbons (Fsp3) is 0.700. The minimum absolute atomic E-state index is 0.267. The summed E-state index contributed by atoms with van der Waals surface area (Å²) in [5.74, 6) is 2.04. The number of rotatable bonds is 12. The van der Waals surface area contributed by atoms with Gasteiger partial charge in [0.05, 0.1) is 12.1 Å². The van der Waals surface area contributed by atoms with E-state index in [2.05, 4.69) is 32.9 Å². The molecule has 1 aromatic carbocycles. The quantitative estimate of drug-likeness (QED) is 0.311. The van der Waals surface area contributed by atoms with E-state index in [0.717, 1.165) is 17.7 Å². The van der Waals surface area contributed by atoms with Gasteiger partial charge in [0.25, 0.3) is 0 Å². The normalized spacial score (nSPS) is 16.0. The first-order chi connectivity index (χ1) is 16.1. The van der Waals surface area contributed by atoms with Crippen molar-refractivity contribution in [3.8, 4) is 5.75 Å². The smallest absolute Gasteiger partial charge is 0.410 e. The molecule has 0 radical (unpaired) electrons. The van der Waals surface area contributed by atoms with Crippen LogP contribution in [0, 0.1) is 11.8 Å². The van der Waals surface area contributed by atoms with E-state index in [1.54, 1.807) is 11.9 Å². The van der Waals surface area contributed by atoms with E-state index in [1.807, 2.05) is 65.8 Å². The van der Waals surface area contributed by atoms with Crippen LogP contribution in [0.2, 0.25) is 0 Å². The molecule has 0 heterocycles. The summed E-state index contributed by atoms with van der Waals surface area (Å²) in [6, 6.07) is 7.49. The van der Waals surface area contributed by atoms with Crippen molar-refractivity contribution >= 4 is 6.09 Å². The van der Waals surface area contributed by atoms with Crippen LogP contribution in [0.4, 0.5) is 4.79 Å². The van der Waals surface area contributed by atoms with Crippen molar-refractivity contribution in [3.63, 3.8) is 0 Å². The lowest BCUT2D eigenvalue weighted by Crippen LogP contribution is -2.47. The number of benzene rings is 1. The number of carbonyl (C=O) groups is 1. The number of allylic oxidation sites excluding steroid dienone is 2. The van der Waals surface area contributed by atoms with E-state index in [1.165, 1.54) is 12.8 Å². The summed E-state index contributed by atoms with van der Waals surface area (Å²) in [6.45, 7) is 18.4. The zero-order valence-electron chi connectivity index (χ0n) is 23.9. The van der Waals surface area contributed by atoms with Crippen molar-refractivity contribution in [2.45, 2.75) is 118 Å². The van der Waals surface area contributed by atoms with Crippen molar-refractivity contribution in [2.75, 3.05) is 7.05 Å². The molecular formula is C30H51NO4.